The molecule has 0 spiro atoms. The molecule has 5 nitrogen and oxygen atoms in total. The molecule has 0 bridgehead atoms. The first-order valence-corrected chi connectivity index (χ1v) is 6.79. The molecule has 0 aliphatic heterocycles. The van der Waals surface area contributed by atoms with Crippen molar-refractivity contribution in [1.82, 2.24) is 0 Å². The lowest BCUT2D eigenvalue weighted by molar-refractivity contribution is -0.132. The van der Waals surface area contributed by atoms with Crippen molar-refractivity contribution in [3.63, 3.8) is 0 Å². The number of furan rings is 1. The first-order valence-electron chi connectivity index (χ1n) is 6.79. The van der Waals surface area contributed by atoms with Gasteiger partial charge in [-0.05, 0) is 26.0 Å². The van der Waals surface area contributed by atoms with Crippen LogP contribution in [0.4, 0.5) is 0 Å². The van der Waals surface area contributed by atoms with Crippen molar-refractivity contribution >= 4 is 16.9 Å². The van der Waals surface area contributed by atoms with Gasteiger partial charge in [-0.3, -0.25) is 4.79 Å². The average Bonchev–Trinajstić information content (AvgIpc) is 2.90. The summed E-state index contributed by atoms with van der Waals surface area (Å²) in [6.07, 6.45) is 0. The third-order valence-electron chi connectivity index (χ3n) is 3.42. The molecule has 2 heterocycles. The molecule has 0 atom stereocenters. The second kappa shape index (κ2) is 5.18. The van der Waals surface area contributed by atoms with Gasteiger partial charge in [-0.1, -0.05) is 18.2 Å². The van der Waals surface area contributed by atoms with Gasteiger partial charge in [-0.15, -0.1) is 0 Å². The van der Waals surface area contributed by atoms with Gasteiger partial charge in [0, 0.05) is 17.9 Å². The molecule has 0 radical (unpaired) electrons. The lowest BCUT2D eigenvalue weighted by Gasteiger charge is -2.10. The summed E-state index contributed by atoms with van der Waals surface area (Å²) in [7, 11) is 0. The maximum Gasteiger partial charge on any atom is 0.343 e. The largest absolute Gasteiger partial charge is 0.453 e. The molecule has 3 rings (SSSR count). The van der Waals surface area contributed by atoms with E-state index in [9.17, 15) is 9.59 Å². The Balaban J connectivity index is 2.24. The summed E-state index contributed by atoms with van der Waals surface area (Å²) in [4.78, 5) is 23.2. The van der Waals surface area contributed by atoms with Crippen LogP contribution in [0.2, 0.25) is 0 Å². The number of hydrogen-bond acceptors (Lipinski definition) is 5. The Morgan fingerprint density at radius 3 is 2.50 bits per heavy atom. The Labute approximate surface area is 126 Å². The molecule has 0 saturated heterocycles. The van der Waals surface area contributed by atoms with E-state index in [1.165, 1.54) is 6.92 Å². The van der Waals surface area contributed by atoms with Crippen LogP contribution in [0.25, 0.3) is 22.5 Å². The lowest BCUT2D eigenvalue weighted by Crippen LogP contribution is -2.12. The predicted molar refractivity (Wildman–Crippen MR) is 81.0 cm³/mol. The van der Waals surface area contributed by atoms with Gasteiger partial charge in [0.1, 0.15) is 11.3 Å². The van der Waals surface area contributed by atoms with Gasteiger partial charge >= 0.3 is 11.6 Å². The van der Waals surface area contributed by atoms with Crippen LogP contribution < -0.4 is 10.4 Å². The number of carbonyl (C=O) groups excluding carboxylic acids is 1. The standard InChI is InChI=1S/C17H14O5/c1-9-15(20-11(3)18)10(2)17(19)22-16(9)14-8-12-6-4-5-7-13(12)21-14/h4-8H,1-3H3. The van der Waals surface area contributed by atoms with Gasteiger partial charge in [0.05, 0.1) is 5.56 Å². The Bertz CT molecular complexity index is 897. The number of fused-ring (bicyclic) bond motifs is 1. The van der Waals surface area contributed by atoms with E-state index in [2.05, 4.69) is 0 Å². The van der Waals surface area contributed by atoms with E-state index in [1.54, 1.807) is 19.9 Å². The highest BCUT2D eigenvalue weighted by atomic mass is 16.5. The third-order valence-corrected chi connectivity index (χ3v) is 3.42. The molecule has 0 unspecified atom stereocenters. The average molecular weight is 298 g/mol. The number of para-hydroxylation sites is 1. The SMILES string of the molecule is CC(=O)Oc1c(C)c(-c2cc3ccccc3o2)oc(=O)c1C. The number of ether oxygens (including phenoxy) is 1. The quantitative estimate of drug-likeness (QED) is 0.676. The summed E-state index contributed by atoms with van der Waals surface area (Å²) in [5.74, 6) is 0.416. The highest BCUT2D eigenvalue weighted by molar-refractivity contribution is 5.82. The first kappa shape index (κ1) is 14.1. The molecule has 0 aliphatic rings. The van der Waals surface area contributed by atoms with Crippen LogP contribution in [-0.4, -0.2) is 5.97 Å². The molecule has 112 valence electrons. The summed E-state index contributed by atoms with van der Waals surface area (Å²) >= 11 is 0. The molecule has 22 heavy (non-hydrogen) atoms. The molecular weight excluding hydrogens is 284 g/mol. The summed E-state index contributed by atoms with van der Waals surface area (Å²) in [5, 5.41) is 0.897. The van der Waals surface area contributed by atoms with Crippen LogP contribution in [0.3, 0.4) is 0 Å². The van der Waals surface area contributed by atoms with Crippen LogP contribution >= 0.6 is 0 Å². The van der Waals surface area contributed by atoms with Crippen LogP contribution in [0.5, 0.6) is 5.75 Å². The molecule has 2 aromatic heterocycles. The van der Waals surface area contributed by atoms with E-state index in [0.717, 1.165) is 5.39 Å². The zero-order valence-electron chi connectivity index (χ0n) is 12.4. The number of hydrogen-bond donors (Lipinski definition) is 0. The second-order valence-electron chi connectivity index (χ2n) is 5.04. The minimum Gasteiger partial charge on any atom is -0.453 e. The fourth-order valence-electron chi connectivity index (χ4n) is 2.35. The molecule has 0 N–H and O–H groups in total. The Morgan fingerprint density at radius 2 is 1.82 bits per heavy atom. The molecular formula is C17H14O5. The maximum absolute atomic E-state index is 12.0. The van der Waals surface area contributed by atoms with E-state index >= 15 is 0 Å². The number of rotatable bonds is 2. The fraction of sp³-hybridized carbons (Fsp3) is 0.176. The van der Waals surface area contributed by atoms with Gasteiger partial charge in [-0.2, -0.15) is 0 Å². The molecule has 0 aliphatic carbocycles. The van der Waals surface area contributed by atoms with E-state index in [-0.39, 0.29) is 17.1 Å². The maximum atomic E-state index is 12.0. The van der Waals surface area contributed by atoms with Gasteiger partial charge in [0.25, 0.3) is 0 Å². The molecule has 1 aromatic carbocycles. The normalized spacial score (nSPS) is 10.9. The summed E-state index contributed by atoms with van der Waals surface area (Å²) in [6, 6.07) is 9.26. The summed E-state index contributed by atoms with van der Waals surface area (Å²) in [6.45, 7) is 4.56. The van der Waals surface area contributed by atoms with Gasteiger partial charge in [-0.25, -0.2) is 4.79 Å². The van der Waals surface area contributed by atoms with Crippen molar-refractivity contribution < 1.29 is 18.4 Å². The highest BCUT2D eigenvalue weighted by Gasteiger charge is 2.20. The molecule has 0 amide bonds. The molecule has 0 fully saturated rings. The zero-order chi connectivity index (χ0) is 15.9. The van der Waals surface area contributed by atoms with E-state index < -0.39 is 11.6 Å². The van der Waals surface area contributed by atoms with Crippen molar-refractivity contribution in [2.24, 2.45) is 0 Å². The minimum absolute atomic E-state index is 0.221. The van der Waals surface area contributed by atoms with Crippen molar-refractivity contribution in [2.75, 3.05) is 0 Å². The van der Waals surface area contributed by atoms with E-state index in [4.69, 9.17) is 13.6 Å². The summed E-state index contributed by atoms with van der Waals surface area (Å²) in [5.41, 5.74) is 0.936. The predicted octanol–water partition coefficient (Wildman–Crippen LogP) is 3.60. The Morgan fingerprint density at radius 1 is 1.09 bits per heavy atom. The van der Waals surface area contributed by atoms with Crippen molar-refractivity contribution in [3.05, 3.63) is 51.9 Å². The van der Waals surface area contributed by atoms with Gasteiger partial charge in [0.15, 0.2) is 11.5 Å². The summed E-state index contributed by atoms with van der Waals surface area (Å²) < 4.78 is 16.2. The number of esters is 1. The molecule has 0 saturated carbocycles. The van der Waals surface area contributed by atoms with Crippen LogP contribution in [0, 0.1) is 13.8 Å². The highest BCUT2D eigenvalue weighted by Crippen LogP contribution is 2.34. The van der Waals surface area contributed by atoms with Crippen molar-refractivity contribution in [2.45, 2.75) is 20.8 Å². The Hall–Kier alpha value is -2.82. The van der Waals surface area contributed by atoms with Crippen LogP contribution in [-0.2, 0) is 4.79 Å². The number of benzene rings is 1. The number of carbonyl (C=O) groups is 1. The zero-order valence-corrected chi connectivity index (χ0v) is 12.4. The lowest BCUT2D eigenvalue weighted by atomic mass is 10.1. The van der Waals surface area contributed by atoms with Crippen molar-refractivity contribution in [3.8, 4) is 17.3 Å². The molecule has 5 heteroatoms. The van der Waals surface area contributed by atoms with Crippen LogP contribution in [0.15, 0.2) is 44.0 Å². The fourth-order valence-corrected chi connectivity index (χ4v) is 2.35. The third kappa shape index (κ3) is 2.30. The van der Waals surface area contributed by atoms with E-state index in [0.29, 0.717) is 16.9 Å². The van der Waals surface area contributed by atoms with Crippen molar-refractivity contribution in [1.29, 1.82) is 0 Å². The van der Waals surface area contributed by atoms with Gasteiger partial charge in [0.2, 0.25) is 0 Å². The smallest absolute Gasteiger partial charge is 0.343 e. The molecule has 3 aromatic rings. The van der Waals surface area contributed by atoms with E-state index in [1.807, 2.05) is 24.3 Å². The van der Waals surface area contributed by atoms with Crippen LogP contribution in [0.1, 0.15) is 18.1 Å². The minimum atomic E-state index is -0.558. The topological polar surface area (TPSA) is 69.7 Å². The second-order valence-corrected chi connectivity index (χ2v) is 5.04. The Kier molecular flexibility index (Phi) is 3.33. The van der Waals surface area contributed by atoms with Gasteiger partial charge < -0.3 is 13.6 Å². The monoisotopic (exact) mass is 298 g/mol. The first-order chi connectivity index (χ1) is 10.5.